The first-order valence-electron chi connectivity index (χ1n) is 9.74. The summed E-state index contributed by atoms with van der Waals surface area (Å²) in [4.78, 5) is 28.7. The largest absolute Gasteiger partial charge is 0.349 e. The molecule has 0 radical (unpaired) electrons. The number of aromatic nitrogens is 2. The Balaban J connectivity index is 1.56. The fourth-order valence-electron chi connectivity index (χ4n) is 3.16. The number of nitrogens with one attached hydrogen (secondary N) is 2. The first-order chi connectivity index (χ1) is 14.1. The number of rotatable bonds is 10. The average Bonchev–Trinajstić information content (AvgIpc) is 3.19. The Hall–Kier alpha value is -3.25. The van der Waals surface area contributed by atoms with Gasteiger partial charge in [0.1, 0.15) is 0 Å². The van der Waals surface area contributed by atoms with E-state index in [0.29, 0.717) is 24.4 Å². The third-order valence-electron chi connectivity index (χ3n) is 4.77. The van der Waals surface area contributed by atoms with Crippen LogP contribution in [0.15, 0.2) is 73.1 Å². The number of ketones is 1. The van der Waals surface area contributed by atoms with Crippen molar-refractivity contribution in [3.05, 3.63) is 90.0 Å². The molecule has 6 nitrogen and oxygen atoms in total. The molecule has 6 heteroatoms. The van der Waals surface area contributed by atoms with Crippen LogP contribution in [0, 0.1) is 0 Å². The van der Waals surface area contributed by atoms with Crippen LogP contribution >= 0.6 is 0 Å². The van der Waals surface area contributed by atoms with Crippen LogP contribution in [0.25, 0.3) is 0 Å². The van der Waals surface area contributed by atoms with Gasteiger partial charge in [-0.2, -0.15) is 0 Å². The van der Waals surface area contributed by atoms with Crippen molar-refractivity contribution in [3.63, 3.8) is 0 Å². The van der Waals surface area contributed by atoms with E-state index in [1.54, 1.807) is 24.0 Å². The van der Waals surface area contributed by atoms with Crippen molar-refractivity contribution in [1.82, 2.24) is 20.2 Å². The highest BCUT2D eigenvalue weighted by Crippen LogP contribution is 2.07. The van der Waals surface area contributed by atoms with Gasteiger partial charge in [-0.25, -0.2) is 4.98 Å². The van der Waals surface area contributed by atoms with Gasteiger partial charge in [0.2, 0.25) is 0 Å². The van der Waals surface area contributed by atoms with Gasteiger partial charge in [-0.15, -0.1) is 0 Å². The van der Waals surface area contributed by atoms with Crippen LogP contribution in [-0.2, 0) is 13.5 Å². The van der Waals surface area contributed by atoms with Gasteiger partial charge in [-0.05, 0) is 18.4 Å². The molecule has 0 saturated heterocycles. The summed E-state index contributed by atoms with van der Waals surface area (Å²) in [5.74, 6) is 0.244. The van der Waals surface area contributed by atoms with Crippen LogP contribution in [-0.4, -0.2) is 40.4 Å². The molecule has 0 aliphatic rings. The summed E-state index contributed by atoms with van der Waals surface area (Å²) >= 11 is 0. The predicted molar refractivity (Wildman–Crippen MR) is 113 cm³/mol. The highest BCUT2D eigenvalue weighted by Gasteiger charge is 2.15. The first kappa shape index (κ1) is 20.5. The van der Waals surface area contributed by atoms with E-state index in [1.165, 1.54) is 5.56 Å². The number of benzene rings is 2. The Labute approximate surface area is 171 Å². The number of hydrogen-bond acceptors (Lipinski definition) is 4. The highest BCUT2D eigenvalue weighted by molar-refractivity contribution is 5.97. The Morgan fingerprint density at radius 2 is 1.72 bits per heavy atom. The lowest BCUT2D eigenvalue weighted by atomic mass is 10.0. The van der Waals surface area contributed by atoms with Crippen molar-refractivity contribution in [3.8, 4) is 0 Å². The lowest BCUT2D eigenvalue weighted by Gasteiger charge is -2.19. The van der Waals surface area contributed by atoms with Crippen LogP contribution in [0.1, 0.15) is 33.0 Å². The molecule has 0 bridgehead atoms. The molecule has 3 aromatic rings. The monoisotopic (exact) mass is 390 g/mol. The molecule has 3 rings (SSSR count). The van der Waals surface area contributed by atoms with E-state index < -0.39 is 0 Å². The molecule has 2 N–H and O–H groups in total. The number of Topliss-reactive ketones (excluding diaryl/α,β-unsaturated/α-hetero) is 1. The molecule has 0 aliphatic heterocycles. The van der Waals surface area contributed by atoms with Crippen molar-refractivity contribution in [2.45, 2.75) is 18.9 Å². The minimum Gasteiger partial charge on any atom is -0.349 e. The number of hydrogen-bond donors (Lipinski definition) is 2. The second-order valence-corrected chi connectivity index (χ2v) is 6.96. The molecule has 1 aromatic heterocycles. The lowest BCUT2D eigenvalue weighted by molar-refractivity contribution is 0.0934. The third kappa shape index (κ3) is 6.12. The minimum absolute atomic E-state index is 0.0562. The standard InChI is InChI=1S/C23H26N4O2/c1-27-15-14-24-22(27)23(29)25-13-12-20(16-18-8-4-2-5-9-18)26-17-21(28)19-10-6-3-7-11-19/h2-11,14-15,20,26H,12-13,16-17H2,1H3,(H,25,29). The maximum absolute atomic E-state index is 12.4. The SMILES string of the molecule is Cn1ccnc1C(=O)NCCC(Cc1ccccc1)NCC(=O)c1ccccc1. The normalized spacial score (nSPS) is 11.8. The third-order valence-corrected chi connectivity index (χ3v) is 4.77. The van der Waals surface area contributed by atoms with Crippen LogP contribution < -0.4 is 10.6 Å². The van der Waals surface area contributed by atoms with Gasteiger partial charge in [-0.1, -0.05) is 60.7 Å². The zero-order chi connectivity index (χ0) is 20.5. The second-order valence-electron chi connectivity index (χ2n) is 6.96. The molecular weight excluding hydrogens is 364 g/mol. The van der Waals surface area contributed by atoms with Crippen LogP contribution in [0.5, 0.6) is 0 Å². The molecule has 0 spiro atoms. The van der Waals surface area contributed by atoms with E-state index >= 15 is 0 Å². The molecule has 150 valence electrons. The average molecular weight is 390 g/mol. The van der Waals surface area contributed by atoms with Crippen LogP contribution in [0.2, 0.25) is 0 Å². The number of imidazole rings is 1. The smallest absolute Gasteiger partial charge is 0.287 e. The van der Waals surface area contributed by atoms with Crippen molar-refractivity contribution < 1.29 is 9.59 Å². The van der Waals surface area contributed by atoms with E-state index in [4.69, 9.17) is 0 Å². The Kier molecular flexibility index (Phi) is 7.30. The number of carbonyl (C=O) groups is 2. The van der Waals surface area contributed by atoms with E-state index in [9.17, 15) is 9.59 Å². The van der Waals surface area contributed by atoms with Gasteiger partial charge < -0.3 is 15.2 Å². The summed E-state index contributed by atoms with van der Waals surface area (Å²) in [7, 11) is 1.79. The highest BCUT2D eigenvalue weighted by atomic mass is 16.2. The Morgan fingerprint density at radius 1 is 1.03 bits per heavy atom. The van der Waals surface area contributed by atoms with Gasteiger partial charge in [0.25, 0.3) is 5.91 Å². The fraction of sp³-hybridized carbons (Fsp3) is 0.261. The van der Waals surface area contributed by atoms with Gasteiger partial charge in [0.15, 0.2) is 11.6 Å². The Bertz CT molecular complexity index is 922. The van der Waals surface area contributed by atoms with E-state index in [-0.39, 0.29) is 24.3 Å². The fourth-order valence-corrected chi connectivity index (χ4v) is 3.16. The Morgan fingerprint density at radius 3 is 2.38 bits per heavy atom. The van der Waals surface area contributed by atoms with Crippen molar-refractivity contribution in [1.29, 1.82) is 0 Å². The van der Waals surface area contributed by atoms with Crippen LogP contribution in [0.4, 0.5) is 0 Å². The molecule has 29 heavy (non-hydrogen) atoms. The predicted octanol–water partition coefficient (Wildman–Crippen LogP) is 2.62. The summed E-state index contributed by atoms with van der Waals surface area (Å²) in [6.45, 7) is 0.755. The maximum atomic E-state index is 12.4. The van der Waals surface area contributed by atoms with E-state index in [0.717, 1.165) is 6.42 Å². The molecule has 1 heterocycles. The van der Waals surface area contributed by atoms with E-state index in [2.05, 4.69) is 27.8 Å². The number of aryl methyl sites for hydroxylation is 1. The molecule has 0 aliphatic carbocycles. The van der Waals surface area contributed by atoms with Gasteiger partial charge >= 0.3 is 0 Å². The van der Waals surface area contributed by atoms with E-state index in [1.807, 2.05) is 48.5 Å². The van der Waals surface area contributed by atoms with Crippen molar-refractivity contribution in [2.75, 3.05) is 13.1 Å². The van der Waals surface area contributed by atoms with Crippen molar-refractivity contribution >= 4 is 11.7 Å². The molecule has 0 fully saturated rings. The molecule has 2 aromatic carbocycles. The second kappa shape index (κ2) is 10.3. The van der Waals surface area contributed by atoms with Gasteiger partial charge in [0, 0.05) is 37.6 Å². The molecule has 1 atom stereocenters. The zero-order valence-electron chi connectivity index (χ0n) is 16.5. The number of nitrogens with zero attached hydrogens (tertiary/aromatic N) is 2. The minimum atomic E-state index is -0.198. The summed E-state index contributed by atoms with van der Waals surface area (Å²) in [5.41, 5.74) is 1.88. The number of amides is 1. The topological polar surface area (TPSA) is 76.0 Å². The molecule has 1 unspecified atom stereocenters. The van der Waals surface area contributed by atoms with Crippen LogP contribution in [0.3, 0.4) is 0 Å². The summed E-state index contributed by atoms with van der Waals surface area (Å²) in [6.07, 6.45) is 4.82. The molecular formula is C23H26N4O2. The zero-order valence-corrected chi connectivity index (χ0v) is 16.5. The van der Waals surface area contributed by atoms with Crippen molar-refractivity contribution in [2.24, 2.45) is 7.05 Å². The maximum Gasteiger partial charge on any atom is 0.287 e. The molecule has 1 amide bonds. The first-order valence-corrected chi connectivity index (χ1v) is 9.74. The number of carbonyl (C=O) groups excluding carboxylic acids is 2. The summed E-state index contributed by atoms with van der Waals surface area (Å²) in [6, 6.07) is 19.5. The summed E-state index contributed by atoms with van der Waals surface area (Å²) in [5, 5.41) is 6.28. The molecule has 0 saturated carbocycles. The lowest BCUT2D eigenvalue weighted by Crippen LogP contribution is -2.38. The quantitative estimate of drug-likeness (QED) is 0.522. The van der Waals surface area contributed by atoms with Gasteiger partial charge in [0.05, 0.1) is 6.54 Å². The van der Waals surface area contributed by atoms with Gasteiger partial charge in [-0.3, -0.25) is 9.59 Å². The summed E-state index contributed by atoms with van der Waals surface area (Å²) < 4.78 is 1.69.